The van der Waals surface area contributed by atoms with Crippen LogP contribution in [0.25, 0.3) is 0 Å². The van der Waals surface area contributed by atoms with E-state index >= 15 is 0 Å². The Morgan fingerprint density at radius 3 is 2.77 bits per heavy atom. The topological polar surface area (TPSA) is 68.5 Å². The smallest absolute Gasteiger partial charge is 0.249 e. The molecule has 26 heavy (non-hydrogen) atoms. The number of nitrogens with zero attached hydrogens (tertiary/aromatic N) is 3. The minimum Gasteiger partial charge on any atom is -0.422 e. The van der Waals surface area contributed by atoms with E-state index in [1.54, 1.807) is 30.4 Å². The third kappa shape index (κ3) is 4.56. The first kappa shape index (κ1) is 18.3. The number of rotatable bonds is 8. The summed E-state index contributed by atoms with van der Waals surface area (Å²) in [5.74, 6) is 0.880. The highest BCUT2D eigenvalue weighted by Crippen LogP contribution is 2.24. The summed E-state index contributed by atoms with van der Waals surface area (Å²) in [6, 6.07) is 11.7. The molecule has 0 aliphatic rings. The number of thiophene rings is 1. The standard InChI is InChI=1S/C19H21N3O3S/c1-22(12-14-10-11-26-13-14)17(23)9-8-16-20-21-19(25-16)18(24-2)15-6-4-3-5-7-15/h3-7,10-11,13,18H,8-9,12H2,1-2H3. The molecule has 3 rings (SSSR count). The molecule has 1 aromatic carbocycles. The van der Waals surface area contributed by atoms with E-state index < -0.39 is 6.10 Å². The van der Waals surface area contributed by atoms with E-state index in [4.69, 9.17) is 9.15 Å². The Kier molecular flexibility index (Phi) is 6.14. The molecule has 1 unspecified atom stereocenters. The molecule has 0 fully saturated rings. The van der Waals surface area contributed by atoms with Crippen molar-refractivity contribution in [2.24, 2.45) is 0 Å². The Bertz CT molecular complexity index is 818. The molecule has 1 atom stereocenters. The lowest BCUT2D eigenvalue weighted by atomic mass is 10.1. The maximum atomic E-state index is 12.3. The van der Waals surface area contributed by atoms with Gasteiger partial charge in [-0.15, -0.1) is 10.2 Å². The summed E-state index contributed by atoms with van der Waals surface area (Å²) >= 11 is 1.63. The summed E-state index contributed by atoms with van der Waals surface area (Å²) in [5, 5.41) is 12.2. The second kappa shape index (κ2) is 8.73. The van der Waals surface area contributed by atoms with Crippen LogP contribution in [0.3, 0.4) is 0 Å². The van der Waals surface area contributed by atoms with Crippen molar-refractivity contribution in [2.45, 2.75) is 25.5 Å². The number of carbonyl (C=O) groups excluding carboxylic acids is 1. The molecule has 0 N–H and O–H groups in total. The summed E-state index contributed by atoms with van der Waals surface area (Å²) in [6.45, 7) is 0.608. The fourth-order valence-electron chi connectivity index (χ4n) is 2.63. The van der Waals surface area contributed by atoms with E-state index in [-0.39, 0.29) is 5.91 Å². The van der Waals surface area contributed by atoms with Gasteiger partial charge >= 0.3 is 0 Å². The molecule has 2 aromatic heterocycles. The molecule has 0 radical (unpaired) electrons. The molecular formula is C19H21N3O3S. The molecule has 6 nitrogen and oxygen atoms in total. The summed E-state index contributed by atoms with van der Waals surface area (Å²) < 4.78 is 11.2. The van der Waals surface area contributed by atoms with Gasteiger partial charge in [-0.2, -0.15) is 11.3 Å². The van der Waals surface area contributed by atoms with Gasteiger partial charge in [0, 0.05) is 33.5 Å². The molecule has 3 aromatic rings. The van der Waals surface area contributed by atoms with E-state index in [2.05, 4.69) is 10.2 Å². The van der Waals surface area contributed by atoms with E-state index in [9.17, 15) is 4.79 Å². The molecule has 0 bridgehead atoms. The Morgan fingerprint density at radius 1 is 1.27 bits per heavy atom. The summed E-state index contributed by atoms with van der Waals surface area (Å²) in [5.41, 5.74) is 2.08. The number of ether oxygens (including phenoxy) is 1. The minimum absolute atomic E-state index is 0.0438. The van der Waals surface area contributed by atoms with Crippen LogP contribution in [0.15, 0.2) is 51.6 Å². The molecule has 0 saturated carbocycles. The second-order valence-corrected chi connectivity index (χ2v) is 6.72. The zero-order chi connectivity index (χ0) is 18.4. The first-order valence-electron chi connectivity index (χ1n) is 8.32. The number of aryl methyl sites for hydroxylation is 1. The molecule has 0 aliphatic carbocycles. The Balaban J connectivity index is 1.57. The average molecular weight is 371 g/mol. The fourth-order valence-corrected chi connectivity index (χ4v) is 3.29. The summed E-state index contributed by atoms with van der Waals surface area (Å²) in [7, 11) is 3.40. The number of methoxy groups -OCH3 is 1. The van der Waals surface area contributed by atoms with Crippen molar-refractivity contribution >= 4 is 17.2 Å². The van der Waals surface area contributed by atoms with Crippen LogP contribution in [0.2, 0.25) is 0 Å². The van der Waals surface area contributed by atoms with Crippen molar-refractivity contribution in [1.29, 1.82) is 0 Å². The highest BCUT2D eigenvalue weighted by molar-refractivity contribution is 7.07. The molecule has 2 heterocycles. The first-order chi connectivity index (χ1) is 12.7. The Labute approximate surface area is 156 Å². The van der Waals surface area contributed by atoms with Gasteiger partial charge in [0.05, 0.1) is 0 Å². The number of aromatic nitrogens is 2. The first-order valence-corrected chi connectivity index (χ1v) is 9.26. The quantitative estimate of drug-likeness (QED) is 0.607. The fraction of sp³-hybridized carbons (Fsp3) is 0.316. The van der Waals surface area contributed by atoms with Gasteiger partial charge in [-0.05, 0) is 28.0 Å². The van der Waals surface area contributed by atoms with Crippen LogP contribution in [-0.2, 0) is 22.5 Å². The van der Waals surface area contributed by atoms with Crippen molar-refractivity contribution in [2.75, 3.05) is 14.2 Å². The van der Waals surface area contributed by atoms with Crippen molar-refractivity contribution in [3.63, 3.8) is 0 Å². The second-order valence-electron chi connectivity index (χ2n) is 5.94. The highest BCUT2D eigenvalue weighted by Gasteiger charge is 2.20. The lowest BCUT2D eigenvalue weighted by molar-refractivity contribution is -0.130. The van der Waals surface area contributed by atoms with E-state index in [1.165, 1.54) is 0 Å². The predicted molar refractivity (Wildman–Crippen MR) is 98.7 cm³/mol. The maximum absolute atomic E-state index is 12.3. The van der Waals surface area contributed by atoms with Gasteiger partial charge < -0.3 is 14.1 Å². The Hall–Kier alpha value is -2.51. The van der Waals surface area contributed by atoms with E-state index in [0.717, 1.165) is 11.1 Å². The third-order valence-corrected chi connectivity index (χ3v) is 4.76. The normalized spacial score (nSPS) is 12.1. The average Bonchev–Trinajstić information content (AvgIpc) is 3.33. The molecule has 0 spiro atoms. The van der Waals surface area contributed by atoms with Crippen LogP contribution in [-0.4, -0.2) is 35.2 Å². The van der Waals surface area contributed by atoms with Crippen LogP contribution < -0.4 is 0 Å². The van der Waals surface area contributed by atoms with Crippen LogP contribution in [0, 0.1) is 0 Å². The van der Waals surface area contributed by atoms with Gasteiger partial charge in [0.2, 0.25) is 17.7 Å². The molecule has 0 saturated heterocycles. The van der Waals surface area contributed by atoms with Gasteiger partial charge in [-0.1, -0.05) is 30.3 Å². The molecular weight excluding hydrogens is 350 g/mol. The Morgan fingerprint density at radius 2 is 2.08 bits per heavy atom. The van der Waals surface area contributed by atoms with Gasteiger partial charge in [0.1, 0.15) is 0 Å². The van der Waals surface area contributed by atoms with Crippen LogP contribution in [0.4, 0.5) is 0 Å². The zero-order valence-electron chi connectivity index (χ0n) is 14.8. The minimum atomic E-state index is -0.408. The van der Waals surface area contributed by atoms with Crippen LogP contribution >= 0.6 is 11.3 Å². The van der Waals surface area contributed by atoms with E-state index in [0.29, 0.717) is 31.2 Å². The largest absolute Gasteiger partial charge is 0.422 e. The SMILES string of the molecule is COC(c1ccccc1)c1nnc(CCC(=O)N(C)Cc2ccsc2)o1. The lowest BCUT2D eigenvalue weighted by Crippen LogP contribution is -2.26. The van der Waals surface area contributed by atoms with Crippen molar-refractivity contribution in [1.82, 2.24) is 15.1 Å². The van der Waals surface area contributed by atoms with Crippen LogP contribution in [0.1, 0.15) is 35.4 Å². The van der Waals surface area contributed by atoms with E-state index in [1.807, 2.05) is 47.2 Å². The van der Waals surface area contributed by atoms with Gasteiger partial charge in [-0.25, -0.2) is 0 Å². The molecule has 0 aliphatic heterocycles. The monoisotopic (exact) mass is 371 g/mol. The molecule has 1 amide bonds. The van der Waals surface area contributed by atoms with Gasteiger partial charge in [-0.3, -0.25) is 4.79 Å². The predicted octanol–water partition coefficient (Wildman–Crippen LogP) is 3.46. The molecule has 7 heteroatoms. The lowest BCUT2D eigenvalue weighted by Gasteiger charge is -2.15. The highest BCUT2D eigenvalue weighted by atomic mass is 32.1. The number of hydrogen-bond donors (Lipinski definition) is 0. The third-order valence-electron chi connectivity index (χ3n) is 4.02. The molecule has 136 valence electrons. The summed E-state index contributed by atoms with van der Waals surface area (Å²) in [6.07, 6.45) is 0.324. The van der Waals surface area contributed by atoms with Crippen LogP contribution in [0.5, 0.6) is 0 Å². The number of carbonyl (C=O) groups is 1. The van der Waals surface area contributed by atoms with Crippen molar-refractivity contribution in [3.8, 4) is 0 Å². The maximum Gasteiger partial charge on any atom is 0.249 e. The number of amides is 1. The van der Waals surface area contributed by atoms with Gasteiger partial charge in [0.15, 0.2) is 6.10 Å². The van der Waals surface area contributed by atoms with Crippen molar-refractivity contribution in [3.05, 3.63) is 70.1 Å². The number of benzene rings is 1. The van der Waals surface area contributed by atoms with Gasteiger partial charge in [0.25, 0.3) is 0 Å². The zero-order valence-corrected chi connectivity index (χ0v) is 15.6. The summed E-state index contributed by atoms with van der Waals surface area (Å²) in [4.78, 5) is 14.0. The number of hydrogen-bond acceptors (Lipinski definition) is 6. The van der Waals surface area contributed by atoms with Crippen molar-refractivity contribution < 1.29 is 13.9 Å².